The molecule has 1 atom stereocenters. The number of rotatable bonds is 1. The molecular weight excluding hydrogens is 200 g/mol. The van der Waals surface area contributed by atoms with E-state index >= 15 is 0 Å². The van der Waals surface area contributed by atoms with Crippen LogP contribution in [-0.2, 0) is 14.9 Å². The van der Waals surface area contributed by atoms with E-state index in [2.05, 4.69) is 0 Å². The van der Waals surface area contributed by atoms with Crippen molar-refractivity contribution in [2.75, 3.05) is 7.05 Å². The Morgan fingerprint density at radius 2 is 2.08 bits per heavy atom. The van der Waals surface area contributed by atoms with Crippen molar-refractivity contribution >= 4 is 22.1 Å². The monoisotopic (exact) mass is 208 g/mol. The average Bonchev–Trinajstić information content (AvgIpc) is 1.94. The highest BCUT2D eigenvalue weighted by molar-refractivity contribution is 7.86. The van der Waals surface area contributed by atoms with Gasteiger partial charge in [0.05, 0.1) is 6.42 Å². The lowest BCUT2D eigenvalue weighted by atomic mass is 10.3. The first-order valence-electron chi connectivity index (χ1n) is 3.35. The molecule has 0 spiro atoms. The second kappa shape index (κ2) is 2.96. The summed E-state index contributed by atoms with van der Waals surface area (Å²) in [6.45, 7) is 0. The SMILES string of the molecule is CN1C(=O)NC(=O)CC1S(=O)(=O)O. The van der Waals surface area contributed by atoms with Crippen molar-refractivity contribution in [1.82, 2.24) is 10.2 Å². The molecule has 1 fully saturated rings. The number of amides is 3. The topological polar surface area (TPSA) is 104 Å². The van der Waals surface area contributed by atoms with Crippen molar-refractivity contribution in [1.29, 1.82) is 0 Å². The van der Waals surface area contributed by atoms with Crippen LogP contribution < -0.4 is 5.32 Å². The molecule has 13 heavy (non-hydrogen) atoms. The molecular formula is C5H8N2O5S. The van der Waals surface area contributed by atoms with Gasteiger partial charge in [-0.25, -0.2) is 4.79 Å². The number of nitrogens with zero attached hydrogens (tertiary/aromatic N) is 1. The summed E-state index contributed by atoms with van der Waals surface area (Å²) in [5.74, 6) is -0.717. The first-order valence-corrected chi connectivity index (χ1v) is 4.85. The summed E-state index contributed by atoms with van der Waals surface area (Å²) in [5, 5.41) is 0.426. The molecule has 74 valence electrons. The minimum atomic E-state index is -4.40. The van der Waals surface area contributed by atoms with Crippen LogP contribution in [0.3, 0.4) is 0 Å². The summed E-state index contributed by atoms with van der Waals surface area (Å²) in [6, 6.07) is -0.834. The van der Waals surface area contributed by atoms with E-state index in [-0.39, 0.29) is 0 Å². The molecule has 2 N–H and O–H groups in total. The third-order valence-corrected chi connectivity index (χ3v) is 2.87. The van der Waals surface area contributed by atoms with Gasteiger partial charge in [-0.05, 0) is 0 Å². The minimum Gasteiger partial charge on any atom is -0.308 e. The van der Waals surface area contributed by atoms with Crippen LogP contribution in [0.4, 0.5) is 4.79 Å². The third-order valence-electron chi connectivity index (χ3n) is 1.70. The van der Waals surface area contributed by atoms with Gasteiger partial charge in [-0.15, -0.1) is 0 Å². The standard InChI is InChI=1S/C5H8N2O5S/c1-7-4(13(10,11)12)2-3(8)6-5(7)9/h4H,2H2,1H3,(H,6,8,9)(H,10,11,12). The van der Waals surface area contributed by atoms with Gasteiger partial charge < -0.3 is 4.90 Å². The molecule has 1 unspecified atom stereocenters. The van der Waals surface area contributed by atoms with Gasteiger partial charge in [0.2, 0.25) is 5.91 Å². The highest BCUT2D eigenvalue weighted by Crippen LogP contribution is 2.12. The molecule has 0 saturated carbocycles. The molecule has 1 saturated heterocycles. The summed E-state index contributed by atoms with van der Waals surface area (Å²) in [6.07, 6.45) is -0.443. The Morgan fingerprint density at radius 1 is 1.54 bits per heavy atom. The molecule has 0 aliphatic carbocycles. The Balaban J connectivity index is 2.97. The summed E-state index contributed by atoms with van der Waals surface area (Å²) in [4.78, 5) is 22.4. The molecule has 1 heterocycles. The summed E-state index contributed by atoms with van der Waals surface area (Å²) >= 11 is 0. The van der Waals surface area contributed by atoms with Gasteiger partial charge >= 0.3 is 6.03 Å². The molecule has 0 aromatic heterocycles. The van der Waals surface area contributed by atoms with E-state index < -0.39 is 33.9 Å². The van der Waals surface area contributed by atoms with Gasteiger partial charge in [-0.1, -0.05) is 0 Å². The van der Waals surface area contributed by atoms with Gasteiger partial charge in [0.1, 0.15) is 0 Å². The van der Waals surface area contributed by atoms with Crippen LogP contribution in [0.1, 0.15) is 6.42 Å². The highest BCUT2D eigenvalue weighted by atomic mass is 32.2. The smallest absolute Gasteiger partial charge is 0.308 e. The van der Waals surface area contributed by atoms with Crippen LogP contribution in [0.25, 0.3) is 0 Å². The highest BCUT2D eigenvalue weighted by Gasteiger charge is 2.37. The van der Waals surface area contributed by atoms with E-state index in [0.29, 0.717) is 0 Å². The zero-order valence-electron chi connectivity index (χ0n) is 6.72. The van der Waals surface area contributed by atoms with Crippen molar-refractivity contribution in [3.63, 3.8) is 0 Å². The summed E-state index contributed by atoms with van der Waals surface area (Å²) < 4.78 is 30.0. The number of carbonyl (C=O) groups is 2. The molecule has 0 aromatic carbocycles. The van der Waals surface area contributed by atoms with E-state index in [1.807, 2.05) is 5.32 Å². The van der Waals surface area contributed by atoms with Gasteiger partial charge in [0.25, 0.3) is 10.1 Å². The molecule has 1 aliphatic heterocycles. The van der Waals surface area contributed by atoms with Crippen LogP contribution in [0.15, 0.2) is 0 Å². The number of hydrogen-bond donors (Lipinski definition) is 2. The van der Waals surface area contributed by atoms with E-state index in [0.717, 1.165) is 4.90 Å². The average molecular weight is 208 g/mol. The van der Waals surface area contributed by atoms with Crippen LogP contribution in [0.2, 0.25) is 0 Å². The van der Waals surface area contributed by atoms with Crippen molar-refractivity contribution < 1.29 is 22.6 Å². The second-order valence-electron chi connectivity index (χ2n) is 2.64. The molecule has 0 bridgehead atoms. The van der Waals surface area contributed by atoms with Crippen molar-refractivity contribution in [2.24, 2.45) is 0 Å². The third kappa shape index (κ3) is 1.95. The molecule has 7 nitrogen and oxygen atoms in total. The zero-order chi connectivity index (χ0) is 10.2. The first kappa shape index (κ1) is 9.93. The maximum absolute atomic E-state index is 10.9. The Kier molecular flexibility index (Phi) is 2.26. The van der Waals surface area contributed by atoms with E-state index in [4.69, 9.17) is 4.55 Å². The lowest BCUT2D eigenvalue weighted by Crippen LogP contribution is -2.55. The Morgan fingerprint density at radius 3 is 2.54 bits per heavy atom. The first-order chi connectivity index (χ1) is 5.82. The fraction of sp³-hybridized carbons (Fsp3) is 0.600. The van der Waals surface area contributed by atoms with Gasteiger partial charge in [-0.2, -0.15) is 8.42 Å². The number of hydrogen-bond acceptors (Lipinski definition) is 4. The van der Waals surface area contributed by atoms with E-state index in [9.17, 15) is 18.0 Å². The van der Waals surface area contributed by atoms with Gasteiger partial charge in [-0.3, -0.25) is 14.7 Å². The minimum absolute atomic E-state index is 0.443. The molecule has 1 aliphatic rings. The van der Waals surface area contributed by atoms with Crippen LogP contribution in [0, 0.1) is 0 Å². The Labute approximate surface area is 74.5 Å². The van der Waals surface area contributed by atoms with Gasteiger partial charge in [0, 0.05) is 7.05 Å². The van der Waals surface area contributed by atoms with Crippen LogP contribution >= 0.6 is 0 Å². The fourth-order valence-electron chi connectivity index (χ4n) is 0.990. The van der Waals surface area contributed by atoms with Gasteiger partial charge in [0.15, 0.2) is 5.37 Å². The molecule has 8 heteroatoms. The van der Waals surface area contributed by atoms with Crippen molar-refractivity contribution in [2.45, 2.75) is 11.8 Å². The summed E-state index contributed by atoms with van der Waals surface area (Å²) in [7, 11) is -3.22. The molecule has 3 amide bonds. The Bertz CT molecular complexity index is 348. The Hall–Kier alpha value is -1.15. The maximum atomic E-state index is 10.9. The zero-order valence-corrected chi connectivity index (χ0v) is 7.54. The fourth-order valence-corrected chi connectivity index (χ4v) is 1.85. The van der Waals surface area contributed by atoms with E-state index in [1.54, 1.807) is 0 Å². The summed E-state index contributed by atoms with van der Waals surface area (Å²) in [5.41, 5.74) is 0. The normalized spacial score (nSPS) is 24.5. The quantitative estimate of drug-likeness (QED) is 0.525. The maximum Gasteiger partial charge on any atom is 0.324 e. The van der Waals surface area contributed by atoms with Crippen LogP contribution in [0.5, 0.6) is 0 Å². The largest absolute Gasteiger partial charge is 0.324 e. The molecule has 0 aromatic rings. The van der Waals surface area contributed by atoms with E-state index in [1.165, 1.54) is 7.05 Å². The van der Waals surface area contributed by atoms with Crippen LogP contribution in [-0.4, -0.2) is 42.2 Å². The lowest BCUT2D eigenvalue weighted by molar-refractivity contribution is -0.121. The molecule has 1 rings (SSSR count). The molecule has 0 radical (unpaired) electrons. The number of urea groups is 1. The predicted molar refractivity (Wildman–Crippen MR) is 41.3 cm³/mol. The number of nitrogens with one attached hydrogen (secondary N) is 1. The van der Waals surface area contributed by atoms with Crippen molar-refractivity contribution in [3.05, 3.63) is 0 Å². The number of imide groups is 1. The van der Waals surface area contributed by atoms with Crippen molar-refractivity contribution in [3.8, 4) is 0 Å². The lowest BCUT2D eigenvalue weighted by Gasteiger charge is -2.29. The second-order valence-corrected chi connectivity index (χ2v) is 4.21. The predicted octanol–water partition coefficient (Wildman–Crippen LogP) is -1.23. The number of carbonyl (C=O) groups excluding carboxylic acids is 2.